The Morgan fingerprint density at radius 3 is 2.56 bits per heavy atom. The quantitative estimate of drug-likeness (QED) is 0.256. The normalized spacial score (nSPS) is 26.6. The first-order chi connectivity index (χ1) is 21.3. The van der Waals surface area contributed by atoms with E-state index < -0.39 is 35.4 Å². The van der Waals surface area contributed by atoms with Crippen molar-refractivity contribution in [2.75, 3.05) is 43.4 Å². The van der Waals surface area contributed by atoms with Crippen molar-refractivity contribution in [3.05, 3.63) is 40.7 Å². The van der Waals surface area contributed by atoms with E-state index in [1.54, 1.807) is 0 Å². The van der Waals surface area contributed by atoms with Gasteiger partial charge in [0.05, 0.1) is 28.2 Å². The smallest absolute Gasteiger partial charge is 0.416 e. The Morgan fingerprint density at radius 2 is 1.87 bits per heavy atom. The van der Waals surface area contributed by atoms with Crippen LogP contribution in [0.15, 0.2) is 24.3 Å². The summed E-state index contributed by atoms with van der Waals surface area (Å²) in [4.78, 5) is 26.3. The molecule has 2 bridgehead atoms. The fraction of sp³-hybridized carbons (Fsp3) is 0.500. The molecule has 1 amide bonds. The van der Waals surface area contributed by atoms with Crippen LogP contribution in [0.2, 0.25) is 5.02 Å². The maximum Gasteiger partial charge on any atom is 0.416 e. The summed E-state index contributed by atoms with van der Waals surface area (Å²) in [6.07, 6.45) is -3.54. The second-order valence-electron chi connectivity index (χ2n) is 12.5. The van der Waals surface area contributed by atoms with Gasteiger partial charge in [0.2, 0.25) is 0 Å². The second-order valence-corrected chi connectivity index (χ2v) is 12.9. The number of piperazine rings is 1. The van der Waals surface area contributed by atoms with Gasteiger partial charge in [0.1, 0.15) is 24.1 Å². The number of rotatable bonds is 5. The van der Waals surface area contributed by atoms with E-state index in [1.165, 1.54) is 17.0 Å². The van der Waals surface area contributed by atoms with Crippen molar-refractivity contribution in [1.29, 1.82) is 0 Å². The van der Waals surface area contributed by atoms with E-state index in [4.69, 9.17) is 22.1 Å². The van der Waals surface area contributed by atoms with Crippen molar-refractivity contribution < 1.29 is 36.6 Å². The summed E-state index contributed by atoms with van der Waals surface area (Å²) in [6.45, 7) is 1.67. The van der Waals surface area contributed by atoms with E-state index in [-0.39, 0.29) is 76.3 Å². The Labute approximate surface area is 259 Å². The van der Waals surface area contributed by atoms with Crippen LogP contribution >= 0.6 is 11.6 Å². The molecule has 4 saturated heterocycles. The zero-order chi connectivity index (χ0) is 31.8. The van der Waals surface area contributed by atoms with Crippen LogP contribution in [0, 0.1) is 5.82 Å². The van der Waals surface area contributed by atoms with E-state index in [1.807, 2.05) is 4.90 Å². The molecular weight excluding hydrogens is 623 g/mol. The Balaban J connectivity index is 1.34. The van der Waals surface area contributed by atoms with Crippen molar-refractivity contribution >= 4 is 40.1 Å². The molecule has 240 valence electrons. The highest BCUT2D eigenvalue weighted by Gasteiger charge is 2.49. The monoisotopic (exact) mass is 652 g/mol. The minimum Gasteiger partial charge on any atom is -0.465 e. The molecule has 5 heterocycles. The summed E-state index contributed by atoms with van der Waals surface area (Å²) in [5.74, 6) is -0.717. The number of anilines is 2. The SMILES string of the molecule is Nc1cc(-c2c(Cl)cc3c(N4C[C@H]5CC[C@@H](C4)N5C(=O)O)nc(OC[C@@]45CCCN4C[C@H](F)C5)nc3c2F)cc(C(F)(F)F)c1. The molecule has 0 aliphatic carbocycles. The standard InChI is InChI=1S/C30H30ClF5N6O3/c31-22-9-21-25(24(33)23(22)15-6-16(30(34,35)36)8-18(37)7-15)38-27(45-14-29-4-1-5-41(29)11-17(32)10-29)39-26(21)40-12-19-2-3-20(13-40)42(19)28(43)44/h6-9,17,19-20H,1-5,10-14,37H2,(H,43,44)/t17-,19-,20+,29+/m1/s1. The predicted molar refractivity (Wildman–Crippen MR) is 157 cm³/mol. The van der Waals surface area contributed by atoms with Crippen molar-refractivity contribution in [3.63, 3.8) is 0 Å². The Hall–Kier alpha value is -3.65. The van der Waals surface area contributed by atoms with Crippen LogP contribution in [-0.2, 0) is 6.18 Å². The van der Waals surface area contributed by atoms with Crippen LogP contribution in [0.4, 0.5) is 38.3 Å². The molecule has 4 aliphatic heterocycles. The molecule has 2 aromatic carbocycles. The minimum atomic E-state index is -4.73. The third kappa shape index (κ3) is 5.15. The van der Waals surface area contributed by atoms with Gasteiger partial charge in [-0.05, 0) is 62.1 Å². The van der Waals surface area contributed by atoms with Gasteiger partial charge >= 0.3 is 18.3 Å². The largest absolute Gasteiger partial charge is 0.465 e. The molecule has 4 aliphatic rings. The fourth-order valence-electron chi connectivity index (χ4n) is 7.73. The van der Waals surface area contributed by atoms with Gasteiger partial charge in [-0.25, -0.2) is 13.6 Å². The molecule has 4 fully saturated rings. The zero-order valence-corrected chi connectivity index (χ0v) is 24.7. The topological polar surface area (TPSA) is 108 Å². The number of hydrogen-bond acceptors (Lipinski definition) is 7. The second kappa shape index (κ2) is 10.7. The number of fused-ring (bicyclic) bond motifs is 4. The molecule has 45 heavy (non-hydrogen) atoms. The highest BCUT2D eigenvalue weighted by atomic mass is 35.5. The number of carbonyl (C=O) groups is 1. The van der Waals surface area contributed by atoms with E-state index in [9.17, 15) is 27.5 Å². The van der Waals surface area contributed by atoms with Crippen molar-refractivity contribution in [3.8, 4) is 17.1 Å². The average molecular weight is 653 g/mol. The van der Waals surface area contributed by atoms with Crippen LogP contribution in [0.1, 0.15) is 37.7 Å². The third-order valence-corrected chi connectivity index (χ3v) is 9.95. The molecule has 7 rings (SSSR count). The first kappa shape index (κ1) is 30.0. The number of amides is 1. The molecule has 0 saturated carbocycles. The molecule has 1 aromatic heterocycles. The van der Waals surface area contributed by atoms with Gasteiger partial charge in [0.25, 0.3) is 0 Å². The van der Waals surface area contributed by atoms with E-state index in [0.717, 1.165) is 31.5 Å². The molecule has 3 N–H and O–H groups in total. The van der Waals surface area contributed by atoms with Gasteiger partial charge in [-0.2, -0.15) is 23.1 Å². The molecule has 0 radical (unpaired) electrons. The van der Waals surface area contributed by atoms with Gasteiger partial charge in [-0.15, -0.1) is 0 Å². The Morgan fingerprint density at radius 1 is 1.13 bits per heavy atom. The first-order valence-corrected chi connectivity index (χ1v) is 15.2. The van der Waals surface area contributed by atoms with E-state index in [0.29, 0.717) is 25.8 Å². The lowest BCUT2D eigenvalue weighted by Crippen LogP contribution is -2.55. The summed E-state index contributed by atoms with van der Waals surface area (Å²) in [7, 11) is 0. The van der Waals surface area contributed by atoms with Gasteiger partial charge in [0, 0.05) is 42.7 Å². The van der Waals surface area contributed by atoms with Crippen LogP contribution in [-0.4, -0.2) is 87.5 Å². The number of halogens is 6. The van der Waals surface area contributed by atoms with Gasteiger partial charge in [-0.1, -0.05) is 11.6 Å². The number of nitrogens with zero attached hydrogens (tertiary/aromatic N) is 5. The summed E-state index contributed by atoms with van der Waals surface area (Å²) >= 11 is 6.57. The lowest BCUT2D eigenvalue weighted by Gasteiger charge is -2.40. The number of ether oxygens (including phenoxy) is 1. The summed E-state index contributed by atoms with van der Waals surface area (Å²) in [5, 5.41) is 9.76. The highest BCUT2D eigenvalue weighted by molar-refractivity contribution is 6.34. The maximum atomic E-state index is 16.5. The first-order valence-electron chi connectivity index (χ1n) is 14.8. The van der Waals surface area contributed by atoms with Crippen LogP contribution < -0.4 is 15.4 Å². The maximum absolute atomic E-state index is 16.5. The van der Waals surface area contributed by atoms with Crippen molar-refractivity contribution in [2.24, 2.45) is 0 Å². The molecule has 0 unspecified atom stereocenters. The molecule has 9 nitrogen and oxygen atoms in total. The Kier molecular flexibility index (Phi) is 7.15. The average Bonchev–Trinajstić information content (AvgIpc) is 3.58. The van der Waals surface area contributed by atoms with Crippen LogP contribution in [0.25, 0.3) is 22.0 Å². The van der Waals surface area contributed by atoms with Gasteiger partial charge in [-0.3, -0.25) is 9.80 Å². The number of benzene rings is 2. The van der Waals surface area contributed by atoms with Gasteiger partial charge < -0.3 is 20.5 Å². The molecule has 15 heteroatoms. The van der Waals surface area contributed by atoms with E-state index >= 15 is 4.39 Å². The fourth-order valence-corrected chi connectivity index (χ4v) is 8.03. The predicted octanol–water partition coefficient (Wildman–Crippen LogP) is 5.98. The summed E-state index contributed by atoms with van der Waals surface area (Å²) in [5.41, 5.74) is 3.23. The zero-order valence-electron chi connectivity index (χ0n) is 24.0. The molecule has 4 atom stereocenters. The van der Waals surface area contributed by atoms with Crippen molar-refractivity contribution in [2.45, 2.75) is 62.1 Å². The highest BCUT2D eigenvalue weighted by Crippen LogP contribution is 2.44. The number of nitrogens with two attached hydrogens (primary N) is 1. The summed E-state index contributed by atoms with van der Waals surface area (Å²) < 4.78 is 77.9. The Bertz CT molecular complexity index is 1680. The van der Waals surface area contributed by atoms with Crippen molar-refractivity contribution in [1.82, 2.24) is 19.8 Å². The third-order valence-electron chi connectivity index (χ3n) is 9.65. The number of nitrogen functional groups attached to an aromatic ring is 1. The van der Waals surface area contributed by atoms with Crippen LogP contribution in [0.3, 0.4) is 0 Å². The minimum absolute atomic E-state index is 0.0721. The lowest BCUT2D eigenvalue weighted by atomic mass is 9.95. The van der Waals surface area contributed by atoms with E-state index in [2.05, 4.69) is 14.9 Å². The lowest BCUT2D eigenvalue weighted by molar-refractivity contribution is -0.137. The number of aromatic nitrogens is 2. The molecular formula is C30H30ClF5N6O3. The number of carboxylic acid groups (broad SMARTS) is 1. The molecule has 3 aromatic rings. The molecule has 0 spiro atoms. The van der Waals surface area contributed by atoms with Gasteiger partial charge in [0.15, 0.2) is 5.82 Å². The number of hydrogen-bond donors (Lipinski definition) is 2. The van der Waals surface area contributed by atoms with Crippen LogP contribution in [0.5, 0.6) is 6.01 Å². The number of alkyl halides is 4. The summed E-state index contributed by atoms with van der Waals surface area (Å²) in [6, 6.07) is 3.33.